The Morgan fingerprint density at radius 3 is 1.98 bits per heavy atom. The van der Waals surface area contributed by atoms with Crippen LogP contribution < -0.4 is 20.6 Å². The van der Waals surface area contributed by atoms with Crippen LogP contribution in [0.15, 0.2) is 168 Å². The van der Waals surface area contributed by atoms with Gasteiger partial charge in [0.15, 0.2) is 0 Å². The molecular formula is C58H51BN2O. The summed E-state index contributed by atoms with van der Waals surface area (Å²) in [6.45, 7) is 8.93. The lowest BCUT2D eigenvalue weighted by atomic mass is 9.43. The lowest BCUT2D eigenvalue weighted by Crippen LogP contribution is -2.61. The first-order valence-electron chi connectivity index (χ1n) is 22.7. The molecule has 0 N–H and O–H groups in total. The van der Waals surface area contributed by atoms with Gasteiger partial charge >= 0.3 is 6.85 Å². The van der Waals surface area contributed by atoms with Crippen LogP contribution in [0.3, 0.4) is 0 Å². The molecule has 0 aliphatic carbocycles. The predicted octanol–water partition coefficient (Wildman–Crippen LogP) is 14.9. The second kappa shape index (κ2) is 15.6. The van der Waals surface area contributed by atoms with Crippen LogP contribution in [-0.2, 0) is 12.8 Å². The van der Waals surface area contributed by atoms with E-state index in [1.54, 1.807) is 0 Å². The minimum Gasteiger partial charge on any atom is -0.456 e. The highest BCUT2D eigenvalue weighted by Crippen LogP contribution is 2.51. The highest BCUT2D eigenvalue weighted by molar-refractivity contribution is 6.93. The van der Waals surface area contributed by atoms with Gasteiger partial charge in [-0.1, -0.05) is 130 Å². The topological polar surface area (TPSA) is 19.6 Å². The summed E-state index contributed by atoms with van der Waals surface area (Å²) >= 11 is 0. The number of nitrogens with zero attached hydrogens (tertiary/aromatic N) is 2. The lowest BCUT2D eigenvalue weighted by Gasteiger charge is -2.46. The van der Waals surface area contributed by atoms with Gasteiger partial charge in [-0.15, -0.1) is 0 Å². The number of para-hydroxylation sites is 2. The van der Waals surface area contributed by atoms with Gasteiger partial charge in [0.2, 0.25) is 0 Å². The molecule has 2 aliphatic heterocycles. The molecule has 62 heavy (non-hydrogen) atoms. The van der Waals surface area contributed by atoms with Crippen molar-refractivity contribution < 1.29 is 4.42 Å². The Morgan fingerprint density at radius 2 is 1.19 bits per heavy atom. The smallest absolute Gasteiger partial charge is 0.333 e. The van der Waals surface area contributed by atoms with E-state index in [1.807, 2.05) is 0 Å². The fraction of sp³-hybridized carbons (Fsp3) is 0.172. The standard InChI is InChI=1S/C58H51BN2O/c1-5-7-19-40-27-30-44(31-28-40)61-52-25-14-12-23-45(52)49-34-43(57-38(3)17-16-18-39(57)4)35-54-58(49)59(61)50-37-56-48(46-24-13-15-26-55(46)62-56)36-53(50)60(54)51-32-29-41(20-8-6-2)33-47(51)42-21-10-9-11-22-42/h9-18,21-37H,5-8,19-20H2,1-4H3. The van der Waals surface area contributed by atoms with E-state index in [-0.39, 0.29) is 6.85 Å². The van der Waals surface area contributed by atoms with Crippen molar-refractivity contribution in [2.75, 3.05) is 9.71 Å². The third kappa shape index (κ3) is 6.26. The van der Waals surface area contributed by atoms with E-state index in [2.05, 4.69) is 201 Å². The van der Waals surface area contributed by atoms with E-state index in [9.17, 15) is 0 Å². The molecule has 0 atom stereocenters. The summed E-state index contributed by atoms with van der Waals surface area (Å²) in [5.74, 6) is 0. The molecule has 0 bridgehead atoms. The molecule has 1 aromatic heterocycles. The summed E-state index contributed by atoms with van der Waals surface area (Å²) in [4.78, 5) is 5.22. The lowest BCUT2D eigenvalue weighted by molar-refractivity contribution is 0.669. The molecule has 4 heteroatoms. The third-order valence-electron chi connectivity index (χ3n) is 13.5. The van der Waals surface area contributed by atoms with Crippen LogP contribution in [0.5, 0.6) is 0 Å². The van der Waals surface area contributed by atoms with Gasteiger partial charge in [0.1, 0.15) is 11.2 Å². The minimum absolute atomic E-state index is 0.128. The number of furan rings is 1. The van der Waals surface area contributed by atoms with Crippen LogP contribution >= 0.6 is 0 Å². The van der Waals surface area contributed by atoms with Crippen LogP contribution in [0.1, 0.15) is 61.8 Å². The van der Waals surface area contributed by atoms with Gasteiger partial charge in [-0.05, 0) is 156 Å². The Kier molecular flexibility index (Phi) is 9.61. The second-order valence-corrected chi connectivity index (χ2v) is 17.4. The fourth-order valence-electron chi connectivity index (χ4n) is 10.5. The van der Waals surface area contributed by atoms with Crippen LogP contribution in [-0.4, -0.2) is 6.85 Å². The number of hydrogen-bond acceptors (Lipinski definition) is 3. The Bertz CT molecular complexity index is 3120. The molecule has 3 nitrogen and oxygen atoms in total. The zero-order chi connectivity index (χ0) is 41.9. The first-order valence-corrected chi connectivity index (χ1v) is 22.7. The summed E-state index contributed by atoms with van der Waals surface area (Å²) in [5, 5.41) is 2.26. The first kappa shape index (κ1) is 38.2. The Morgan fingerprint density at radius 1 is 0.484 bits per heavy atom. The van der Waals surface area contributed by atoms with Crippen molar-refractivity contribution in [2.24, 2.45) is 0 Å². The minimum atomic E-state index is -0.128. The van der Waals surface area contributed by atoms with Gasteiger partial charge in [-0.25, -0.2) is 0 Å². The van der Waals surface area contributed by atoms with E-state index in [0.29, 0.717) is 0 Å². The normalized spacial score (nSPS) is 12.8. The molecular weight excluding hydrogens is 751 g/mol. The number of aryl methyl sites for hydroxylation is 4. The molecule has 0 saturated heterocycles. The summed E-state index contributed by atoms with van der Waals surface area (Å²) in [7, 11) is 0. The molecule has 9 aromatic rings. The van der Waals surface area contributed by atoms with Crippen LogP contribution in [0.25, 0.3) is 55.3 Å². The Labute approximate surface area is 366 Å². The molecule has 2 aliphatic rings. The average Bonchev–Trinajstić information content (AvgIpc) is 3.67. The molecule has 302 valence electrons. The number of hydrogen-bond donors (Lipinski definition) is 0. The molecule has 0 saturated carbocycles. The summed E-state index contributed by atoms with van der Waals surface area (Å²) in [5.41, 5.74) is 23.1. The van der Waals surface area contributed by atoms with Crippen molar-refractivity contribution in [3.8, 4) is 33.4 Å². The van der Waals surface area contributed by atoms with Crippen molar-refractivity contribution in [3.05, 3.63) is 186 Å². The van der Waals surface area contributed by atoms with E-state index >= 15 is 0 Å². The maximum atomic E-state index is 6.76. The first-order chi connectivity index (χ1) is 30.5. The van der Waals surface area contributed by atoms with Gasteiger partial charge in [-0.3, -0.25) is 0 Å². The SMILES string of the molecule is CCCCc1ccc(N2B3c4cc5oc6ccccc6c5cc4N(c4ccc(CCCC)cc4-c4ccccc4)c4cc(-c5c(C)cccc5C)cc(c43)-c3ccccc32)cc1. The molecule has 8 aromatic carbocycles. The molecule has 0 radical (unpaired) electrons. The Hall–Kier alpha value is -6.78. The van der Waals surface area contributed by atoms with Crippen molar-refractivity contribution in [1.82, 2.24) is 0 Å². The van der Waals surface area contributed by atoms with E-state index in [0.717, 1.165) is 47.6 Å². The summed E-state index contributed by atoms with van der Waals surface area (Å²) < 4.78 is 6.76. The van der Waals surface area contributed by atoms with Crippen molar-refractivity contribution >= 4 is 68.1 Å². The number of anilines is 5. The number of rotatable bonds is 10. The van der Waals surface area contributed by atoms with E-state index in [4.69, 9.17) is 4.42 Å². The number of benzene rings is 8. The van der Waals surface area contributed by atoms with Crippen LogP contribution in [0.2, 0.25) is 0 Å². The average molecular weight is 803 g/mol. The van der Waals surface area contributed by atoms with Crippen LogP contribution in [0, 0.1) is 13.8 Å². The quantitative estimate of drug-likeness (QED) is 0.128. The highest BCUT2D eigenvalue weighted by atomic mass is 16.3. The number of unbranched alkanes of at least 4 members (excludes halogenated alkanes) is 2. The maximum Gasteiger partial charge on any atom is 0.333 e. The fourth-order valence-corrected chi connectivity index (χ4v) is 10.5. The monoisotopic (exact) mass is 802 g/mol. The van der Waals surface area contributed by atoms with Gasteiger partial charge in [0.25, 0.3) is 0 Å². The maximum absolute atomic E-state index is 6.76. The zero-order valence-electron chi connectivity index (χ0n) is 36.2. The van der Waals surface area contributed by atoms with Gasteiger partial charge in [0.05, 0.1) is 5.69 Å². The summed E-state index contributed by atoms with van der Waals surface area (Å²) in [6.07, 6.45) is 6.84. The van der Waals surface area contributed by atoms with Gasteiger partial charge in [-0.2, -0.15) is 0 Å². The van der Waals surface area contributed by atoms with Gasteiger partial charge < -0.3 is 14.1 Å². The van der Waals surface area contributed by atoms with Crippen LogP contribution in [0.4, 0.5) is 28.4 Å². The molecule has 3 heterocycles. The molecule has 0 unspecified atom stereocenters. The Balaban J connectivity index is 1.27. The molecule has 0 spiro atoms. The molecule has 0 amide bonds. The zero-order valence-corrected chi connectivity index (χ0v) is 36.2. The second-order valence-electron chi connectivity index (χ2n) is 17.4. The predicted molar refractivity (Wildman–Crippen MR) is 265 cm³/mol. The van der Waals surface area contributed by atoms with E-state index in [1.165, 1.54) is 108 Å². The summed E-state index contributed by atoms with van der Waals surface area (Å²) in [6, 6.07) is 61.7. The van der Waals surface area contributed by atoms with Gasteiger partial charge in [0, 0.05) is 44.6 Å². The largest absolute Gasteiger partial charge is 0.456 e. The molecule has 11 rings (SSSR count). The highest BCUT2D eigenvalue weighted by Gasteiger charge is 2.46. The molecule has 0 fully saturated rings. The van der Waals surface area contributed by atoms with Crippen molar-refractivity contribution in [3.63, 3.8) is 0 Å². The van der Waals surface area contributed by atoms with Crippen molar-refractivity contribution in [1.29, 1.82) is 0 Å². The van der Waals surface area contributed by atoms with E-state index < -0.39 is 0 Å². The van der Waals surface area contributed by atoms with Crippen molar-refractivity contribution in [2.45, 2.75) is 66.2 Å². The third-order valence-corrected chi connectivity index (χ3v) is 13.5. The number of fused-ring (bicyclic) bond motifs is 7.